The first-order valence-electron chi connectivity index (χ1n) is 14.3. The molecule has 230 valence electrons. The lowest BCUT2D eigenvalue weighted by Gasteiger charge is -2.20. The Bertz CT molecular complexity index is 1690. The first kappa shape index (κ1) is 29.8. The van der Waals surface area contributed by atoms with Crippen LogP contribution in [0.3, 0.4) is 0 Å². The molecule has 2 aliphatic heterocycles. The maximum Gasteiger partial charge on any atom is 0.408 e. The number of para-hydroxylation sites is 1. The standard InChI is InChI=1S/C33H30N4O7S/c1-21(34-33(40)44-20-22-7-3-2-4-8-22)30(38)35-24-14-12-23(13-15-24)29-31(39)37(19-25-9-6-16-41-25)32(45-29)36-26-10-5-11-27-28(26)43-18-17-42-27/h2-16,21,29H,17-20H2,1H3,(H,34,40)(H,35,38)/t21-,29?/m0/s1. The summed E-state index contributed by atoms with van der Waals surface area (Å²) >= 11 is 1.32. The second-order valence-electron chi connectivity index (χ2n) is 10.2. The number of rotatable bonds is 9. The van der Waals surface area contributed by atoms with Crippen molar-refractivity contribution >= 4 is 46.2 Å². The number of anilines is 1. The van der Waals surface area contributed by atoms with Crippen LogP contribution in [0.15, 0.2) is 101 Å². The Morgan fingerprint density at radius 3 is 2.58 bits per heavy atom. The number of carbonyl (C=O) groups is 3. The highest BCUT2D eigenvalue weighted by Crippen LogP contribution is 2.44. The zero-order chi connectivity index (χ0) is 31.2. The van der Waals surface area contributed by atoms with Crippen LogP contribution in [0, 0.1) is 0 Å². The predicted molar refractivity (Wildman–Crippen MR) is 168 cm³/mol. The van der Waals surface area contributed by atoms with Gasteiger partial charge in [0.15, 0.2) is 16.7 Å². The second-order valence-corrected chi connectivity index (χ2v) is 11.3. The summed E-state index contributed by atoms with van der Waals surface area (Å²) in [6, 6.07) is 24.5. The van der Waals surface area contributed by atoms with Gasteiger partial charge in [-0.3, -0.25) is 14.5 Å². The minimum absolute atomic E-state index is 0.0987. The quantitative estimate of drug-likeness (QED) is 0.238. The lowest BCUT2D eigenvalue weighted by molar-refractivity contribution is -0.126. The van der Waals surface area contributed by atoms with Gasteiger partial charge in [-0.25, -0.2) is 9.79 Å². The Morgan fingerprint density at radius 1 is 1.00 bits per heavy atom. The highest BCUT2D eigenvalue weighted by Gasteiger charge is 2.40. The van der Waals surface area contributed by atoms with Crippen LogP contribution in [0.1, 0.15) is 29.1 Å². The summed E-state index contributed by atoms with van der Waals surface area (Å²) in [4.78, 5) is 45.0. The summed E-state index contributed by atoms with van der Waals surface area (Å²) in [5.74, 6) is 1.20. The number of amidine groups is 1. The van der Waals surface area contributed by atoms with Crippen molar-refractivity contribution in [2.24, 2.45) is 4.99 Å². The molecule has 6 rings (SSSR count). The summed E-state index contributed by atoms with van der Waals surface area (Å²) < 4.78 is 22.3. The van der Waals surface area contributed by atoms with E-state index in [0.29, 0.717) is 47.0 Å². The van der Waals surface area contributed by atoms with Crippen molar-refractivity contribution in [3.05, 3.63) is 108 Å². The van der Waals surface area contributed by atoms with Gasteiger partial charge in [-0.1, -0.05) is 60.3 Å². The molecule has 0 radical (unpaired) electrons. The van der Waals surface area contributed by atoms with Gasteiger partial charge in [0.2, 0.25) is 11.8 Å². The van der Waals surface area contributed by atoms with Crippen LogP contribution in [0.2, 0.25) is 0 Å². The number of fused-ring (bicyclic) bond motifs is 1. The van der Waals surface area contributed by atoms with Crippen molar-refractivity contribution in [3.8, 4) is 11.5 Å². The third-order valence-corrected chi connectivity index (χ3v) is 8.25. The number of carbonyl (C=O) groups excluding carboxylic acids is 3. The van der Waals surface area contributed by atoms with E-state index < -0.39 is 23.3 Å². The summed E-state index contributed by atoms with van der Waals surface area (Å²) in [5, 5.41) is 5.25. The number of amides is 3. The number of alkyl carbamates (subject to hydrolysis) is 1. The van der Waals surface area contributed by atoms with Crippen molar-refractivity contribution in [2.75, 3.05) is 18.5 Å². The van der Waals surface area contributed by atoms with Crippen LogP contribution < -0.4 is 20.1 Å². The predicted octanol–water partition coefficient (Wildman–Crippen LogP) is 5.81. The largest absolute Gasteiger partial charge is 0.486 e. The molecule has 1 aromatic heterocycles. The summed E-state index contributed by atoms with van der Waals surface area (Å²) in [6.07, 6.45) is 0.868. The van der Waals surface area contributed by atoms with Gasteiger partial charge in [-0.2, -0.15) is 0 Å². The van der Waals surface area contributed by atoms with E-state index in [0.717, 1.165) is 11.1 Å². The summed E-state index contributed by atoms with van der Waals surface area (Å²) in [7, 11) is 0. The number of hydrogen-bond acceptors (Lipinski definition) is 9. The fourth-order valence-corrected chi connectivity index (χ4v) is 5.87. The third kappa shape index (κ3) is 7.13. The van der Waals surface area contributed by atoms with E-state index in [2.05, 4.69) is 10.6 Å². The lowest BCUT2D eigenvalue weighted by atomic mass is 10.1. The second kappa shape index (κ2) is 13.6. The highest BCUT2D eigenvalue weighted by molar-refractivity contribution is 8.15. The van der Waals surface area contributed by atoms with Gasteiger partial charge in [0.05, 0.1) is 12.8 Å². The van der Waals surface area contributed by atoms with E-state index in [4.69, 9.17) is 23.6 Å². The first-order valence-corrected chi connectivity index (χ1v) is 15.2. The lowest BCUT2D eigenvalue weighted by Crippen LogP contribution is -2.41. The number of thioether (sulfide) groups is 1. The zero-order valence-corrected chi connectivity index (χ0v) is 25.1. The Hall–Kier alpha value is -5.23. The van der Waals surface area contributed by atoms with E-state index in [1.165, 1.54) is 11.8 Å². The topological polar surface area (TPSA) is 132 Å². The normalized spacial score (nSPS) is 17.2. The fourth-order valence-electron chi connectivity index (χ4n) is 4.70. The minimum atomic E-state index is -0.841. The van der Waals surface area contributed by atoms with E-state index in [1.807, 2.05) is 48.5 Å². The molecule has 2 N–H and O–H groups in total. The Morgan fingerprint density at radius 2 is 1.80 bits per heavy atom. The van der Waals surface area contributed by atoms with Gasteiger partial charge in [0.1, 0.15) is 42.6 Å². The van der Waals surface area contributed by atoms with E-state index >= 15 is 0 Å². The number of nitrogens with zero attached hydrogens (tertiary/aromatic N) is 2. The molecular formula is C33H30N4O7S. The zero-order valence-electron chi connectivity index (χ0n) is 24.3. The maximum atomic E-state index is 13.7. The van der Waals surface area contributed by atoms with Crippen LogP contribution in [-0.2, 0) is 27.5 Å². The smallest absolute Gasteiger partial charge is 0.408 e. The maximum absolute atomic E-state index is 13.7. The summed E-state index contributed by atoms with van der Waals surface area (Å²) in [5.41, 5.74) is 2.66. The van der Waals surface area contributed by atoms with Gasteiger partial charge in [0, 0.05) is 5.69 Å². The molecule has 2 aliphatic rings. The Kier molecular flexibility index (Phi) is 9.01. The van der Waals surface area contributed by atoms with Crippen molar-refractivity contribution in [1.29, 1.82) is 0 Å². The van der Waals surface area contributed by atoms with Crippen molar-refractivity contribution < 1.29 is 33.0 Å². The molecule has 3 heterocycles. The van der Waals surface area contributed by atoms with Gasteiger partial charge in [-0.05, 0) is 54.4 Å². The number of furan rings is 1. The number of aliphatic imine (C=N–C) groups is 1. The van der Waals surface area contributed by atoms with E-state index in [-0.39, 0.29) is 19.1 Å². The van der Waals surface area contributed by atoms with Crippen LogP contribution in [0.5, 0.6) is 11.5 Å². The first-order chi connectivity index (χ1) is 21.9. The number of hydrogen-bond donors (Lipinski definition) is 2. The van der Waals surface area contributed by atoms with E-state index in [9.17, 15) is 14.4 Å². The summed E-state index contributed by atoms with van der Waals surface area (Å²) in [6.45, 7) is 2.75. The van der Waals surface area contributed by atoms with Crippen LogP contribution in [0.25, 0.3) is 0 Å². The van der Waals surface area contributed by atoms with Crippen LogP contribution >= 0.6 is 11.8 Å². The molecule has 12 heteroatoms. The number of nitrogens with one attached hydrogen (secondary N) is 2. The highest BCUT2D eigenvalue weighted by atomic mass is 32.2. The average Bonchev–Trinajstić information content (AvgIpc) is 3.69. The van der Waals surface area contributed by atoms with Gasteiger partial charge < -0.3 is 29.3 Å². The Balaban J connectivity index is 1.12. The molecule has 0 aliphatic carbocycles. The minimum Gasteiger partial charge on any atom is -0.486 e. The molecule has 0 saturated carbocycles. The van der Waals surface area contributed by atoms with Gasteiger partial charge >= 0.3 is 6.09 Å². The molecule has 1 unspecified atom stereocenters. The van der Waals surface area contributed by atoms with Crippen molar-refractivity contribution in [3.63, 3.8) is 0 Å². The third-order valence-electron chi connectivity index (χ3n) is 7.02. The molecule has 1 saturated heterocycles. The van der Waals surface area contributed by atoms with Crippen molar-refractivity contribution in [2.45, 2.75) is 31.4 Å². The molecule has 3 aromatic carbocycles. The number of benzene rings is 3. The molecule has 0 bridgehead atoms. The molecular weight excluding hydrogens is 596 g/mol. The van der Waals surface area contributed by atoms with E-state index in [1.54, 1.807) is 54.5 Å². The van der Waals surface area contributed by atoms with Gasteiger partial charge in [0.25, 0.3) is 0 Å². The fraction of sp³-hybridized carbons (Fsp3) is 0.212. The van der Waals surface area contributed by atoms with Crippen molar-refractivity contribution in [1.82, 2.24) is 10.2 Å². The van der Waals surface area contributed by atoms with Crippen LogP contribution in [-0.4, -0.2) is 47.2 Å². The molecule has 0 spiro atoms. The average molecular weight is 627 g/mol. The molecule has 11 nitrogen and oxygen atoms in total. The monoisotopic (exact) mass is 626 g/mol. The molecule has 2 atom stereocenters. The molecule has 3 amide bonds. The number of ether oxygens (including phenoxy) is 3. The molecule has 4 aromatic rings. The van der Waals surface area contributed by atoms with Gasteiger partial charge in [-0.15, -0.1) is 0 Å². The molecule has 1 fully saturated rings. The Labute approximate surface area is 263 Å². The SMILES string of the molecule is C[C@H](NC(=O)OCc1ccccc1)C(=O)Nc1ccc(C2SC(=Nc3cccc4c3OCCO4)N(Cc3ccco3)C2=O)cc1. The van der Waals surface area contributed by atoms with Crippen LogP contribution in [0.4, 0.5) is 16.2 Å². The molecule has 45 heavy (non-hydrogen) atoms.